The molecule has 184 valence electrons. The Morgan fingerprint density at radius 2 is 1.83 bits per heavy atom. The number of nitrogens with one attached hydrogen (secondary N) is 1. The Hall–Kier alpha value is -3.45. The van der Waals surface area contributed by atoms with E-state index in [4.69, 9.17) is 22.3 Å². The molecule has 7 nitrogen and oxygen atoms in total. The number of benzene rings is 2. The van der Waals surface area contributed by atoms with Crippen LogP contribution in [-0.2, 0) is 14.4 Å². The average molecular weight is 495 g/mol. The number of allylic oxidation sites excluding steroid dienone is 1. The first kappa shape index (κ1) is 26.2. The van der Waals surface area contributed by atoms with Gasteiger partial charge in [-0.05, 0) is 37.0 Å². The van der Waals surface area contributed by atoms with E-state index >= 15 is 0 Å². The summed E-state index contributed by atoms with van der Waals surface area (Å²) in [6.45, 7) is 7.62. The molecule has 1 unspecified atom stereocenters. The number of hydrogen-bond donors (Lipinski definition) is 2. The Labute approximate surface area is 211 Å². The highest BCUT2D eigenvalue weighted by atomic mass is 35.5. The molecule has 2 aromatic rings. The maximum atomic E-state index is 13.5. The van der Waals surface area contributed by atoms with E-state index in [1.807, 2.05) is 50.2 Å². The SMILES string of the molecule is C=CC[C@H](C(N)=O)[C@@H](CC(C)C)C(=O)NC1N=C(c2ccc(Cl)cc2)c2ccccc2N(C)C1=O. The summed E-state index contributed by atoms with van der Waals surface area (Å²) < 4.78 is 0. The lowest BCUT2D eigenvalue weighted by Gasteiger charge is -2.27. The summed E-state index contributed by atoms with van der Waals surface area (Å²) in [6, 6.07) is 14.6. The third-order valence-electron chi connectivity index (χ3n) is 6.07. The molecule has 0 saturated carbocycles. The number of carbonyl (C=O) groups excluding carboxylic acids is 3. The number of hydrogen-bond acceptors (Lipinski definition) is 4. The van der Waals surface area contributed by atoms with Crippen LogP contribution in [0.1, 0.15) is 37.8 Å². The van der Waals surface area contributed by atoms with E-state index in [1.165, 1.54) is 4.90 Å². The second-order valence-corrected chi connectivity index (χ2v) is 9.52. The highest BCUT2D eigenvalue weighted by Gasteiger charge is 2.36. The van der Waals surface area contributed by atoms with E-state index < -0.39 is 35.7 Å². The number of fused-ring (bicyclic) bond motifs is 1. The smallest absolute Gasteiger partial charge is 0.272 e. The van der Waals surface area contributed by atoms with Gasteiger partial charge >= 0.3 is 0 Å². The molecule has 1 heterocycles. The Balaban J connectivity index is 2.05. The van der Waals surface area contributed by atoms with Crippen molar-refractivity contribution < 1.29 is 14.4 Å². The fourth-order valence-electron chi connectivity index (χ4n) is 4.32. The lowest BCUT2D eigenvalue weighted by Crippen LogP contribution is -2.50. The Morgan fingerprint density at radius 1 is 1.17 bits per heavy atom. The quantitative estimate of drug-likeness (QED) is 0.516. The minimum atomic E-state index is -1.18. The van der Waals surface area contributed by atoms with Gasteiger partial charge in [0, 0.05) is 23.2 Å². The lowest BCUT2D eigenvalue weighted by atomic mass is 9.82. The van der Waals surface area contributed by atoms with Crippen LogP contribution in [-0.4, -0.2) is 36.6 Å². The molecule has 0 aliphatic carbocycles. The van der Waals surface area contributed by atoms with Gasteiger partial charge in [-0.2, -0.15) is 0 Å². The number of para-hydroxylation sites is 1. The first-order valence-corrected chi connectivity index (χ1v) is 11.9. The van der Waals surface area contributed by atoms with Crippen LogP contribution in [0.5, 0.6) is 0 Å². The number of benzodiazepines with no additional fused rings is 1. The number of nitrogens with two attached hydrogens (primary N) is 1. The van der Waals surface area contributed by atoms with Gasteiger partial charge in [-0.15, -0.1) is 6.58 Å². The monoisotopic (exact) mass is 494 g/mol. The van der Waals surface area contributed by atoms with Crippen molar-refractivity contribution in [3.05, 3.63) is 77.3 Å². The number of anilines is 1. The summed E-state index contributed by atoms with van der Waals surface area (Å²) in [5.41, 5.74) is 8.36. The fraction of sp³-hybridized carbons (Fsp3) is 0.333. The molecule has 3 rings (SSSR count). The maximum absolute atomic E-state index is 13.5. The molecule has 3 N–H and O–H groups in total. The van der Waals surface area contributed by atoms with Gasteiger partial charge < -0.3 is 16.0 Å². The highest BCUT2D eigenvalue weighted by Crippen LogP contribution is 2.29. The van der Waals surface area contributed by atoms with E-state index in [2.05, 4.69) is 11.9 Å². The summed E-state index contributed by atoms with van der Waals surface area (Å²) in [7, 11) is 1.65. The van der Waals surface area contributed by atoms with Crippen LogP contribution in [0.3, 0.4) is 0 Å². The molecule has 0 radical (unpaired) electrons. The van der Waals surface area contributed by atoms with Crippen molar-refractivity contribution in [1.29, 1.82) is 0 Å². The normalized spacial score (nSPS) is 17.2. The molecule has 2 aromatic carbocycles. The van der Waals surface area contributed by atoms with E-state index in [1.54, 1.807) is 25.3 Å². The second-order valence-electron chi connectivity index (χ2n) is 9.08. The molecule has 1 aliphatic heterocycles. The lowest BCUT2D eigenvalue weighted by molar-refractivity contribution is -0.135. The zero-order valence-corrected chi connectivity index (χ0v) is 21.0. The van der Waals surface area contributed by atoms with Crippen LogP contribution in [0.15, 0.2) is 66.2 Å². The summed E-state index contributed by atoms with van der Waals surface area (Å²) in [4.78, 5) is 45.3. The summed E-state index contributed by atoms with van der Waals surface area (Å²) in [5.74, 6) is -2.73. The number of primary amides is 1. The van der Waals surface area contributed by atoms with Crippen molar-refractivity contribution >= 4 is 40.7 Å². The number of amides is 3. The van der Waals surface area contributed by atoms with Crippen molar-refractivity contribution in [2.75, 3.05) is 11.9 Å². The van der Waals surface area contributed by atoms with Crippen molar-refractivity contribution in [2.24, 2.45) is 28.5 Å². The van der Waals surface area contributed by atoms with Crippen molar-refractivity contribution in [3.63, 3.8) is 0 Å². The van der Waals surface area contributed by atoms with Gasteiger partial charge in [0.05, 0.1) is 23.2 Å². The third kappa shape index (κ3) is 5.98. The molecular formula is C27H31ClN4O3. The predicted octanol–water partition coefficient (Wildman–Crippen LogP) is 3.94. The van der Waals surface area contributed by atoms with Gasteiger partial charge in [0.15, 0.2) is 0 Å². The fourth-order valence-corrected chi connectivity index (χ4v) is 4.44. The standard InChI is InChI=1S/C27H31ClN4O3/c1-5-8-19(24(29)33)21(15-16(2)3)26(34)31-25-27(35)32(4)22-10-7-6-9-20(22)23(30-25)17-11-13-18(28)14-12-17/h5-7,9-14,16,19,21,25H,1,8,15H2,2-4H3,(H2,29,33)(H,31,34)/t19-,21+,25?/m0/s1. The molecule has 0 aromatic heterocycles. The molecule has 8 heteroatoms. The van der Waals surface area contributed by atoms with Crippen molar-refractivity contribution in [3.8, 4) is 0 Å². The van der Waals surface area contributed by atoms with Crippen LogP contribution in [0.2, 0.25) is 5.02 Å². The predicted molar refractivity (Wildman–Crippen MR) is 139 cm³/mol. The third-order valence-corrected chi connectivity index (χ3v) is 6.33. The number of aliphatic imine (C=N–C) groups is 1. The van der Waals surface area contributed by atoms with Crippen LogP contribution in [0.4, 0.5) is 5.69 Å². The number of carbonyl (C=O) groups is 3. The molecule has 0 bridgehead atoms. The summed E-state index contributed by atoms with van der Waals surface area (Å²) in [5, 5.41) is 3.37. The molecule has 35 heavy (non-hydrogen) atoms. The molecule has 0 spiro atoms. The van der Waals surface area contributed by atoms with Gasteiger partial charge in [0.25, 0.3) is 5.91 Å². The minimum absolute atomic E-state index is 0.127. The van der Waals surface area contributed by atoms with Gasteiger partial charge in [-0.25, -0.2) is 4.99 Å². The van der Waals surface area contributed by atoms with Gasteiger partial charge in [-0.1, -0.05) is 61.9 Å². The van der Waals surface area contributed by atoms with E-state index in [9.17, 15) is 14.4 Å². The molecule has 3 atom stereocenters. The number of nitrogens with zero attached hydrogens (tertiary/aromatic N) is 2. The van der Waals surface area contributed by atoms with E-state index in [0.717, 1.165) is 11.1 Å². The van der Waals surface area contributed by atoms with Crippen molar-refractivity contribution in [1.82, 2.24) is 5.32 Å². The Morgan fingerprint density at radius 3 is 2.43 bits per heavy atom. The molecule has 1 aliphatic rings. The second kappa shape index (κ2) is 11.3. The summed E-state index contributed by atoms with van der Waals surface area (Å²) >= 11 is 6.08. The zero-order chi connectivity index (χ0) is 25.7. The highest BCUT2D eigenvalue weighted by molar-refractivity contribution is 6.30. The van der Waals surface area contributed by atoms with Crippen molar-refractivity contribution in [2.45, 2.75) is 32.9 Å². The molecule has 3 amide bonds. The van der Waals surface area contributed by atoms with Crippen LogP contribution in [0, 0.1) is 17.8 Å². The van der Waals surface area contributed by atoms with E-state index in [0.29, 0.717) is 22.8 Å². The largest absolute Gasteiger partial charge is 0.369 e. The van der Waals surface area contributed by atoms with Gasteiger partial charge in [0.1, 0.15) is 0 Å². The number of rotatable bonds is 9. The Bertz CT molecular complexity index is 1140. The van der Waals surface area contributed by atoms with Crippen LogP contribution < -0.4 is 16.0 Å². The number of likely N-dealkylation sites (N-methyl/N-ethyl adjacent to an activating group) is 1. The topological polar surface area (TPSA) is 105 Å². The first-order valence-electron chi connectivity index (χ1n) is 11.5. The Kier molecular flexibility index (Phi) is 8.46. The van der Waals surface area contributed by atoms with Gasteiger partial charge in [-0.3, -0.25) is 14.4 Å². The maximum Gasteiger partial charge on any atom is 0.272 e. The first-order chi connectivity index (χ1) is 16.6. The van der Waals surface area contributed by atoms with Crippen LogP contribution in [0.25, 0.3) is 0 Å². The zero-order valence-electron chi connectivity index (χ0n) is 20.2. The number of halogens is 1. The average Bonchev–Trinajstić information content (AvgIpc) is 2.92. The summed E-state index contributed by atoms with van der Waals surface area (Å²) in [6.07, 6.45) is 1.09. The molecule has 0 saturated heterocycles. The van der Waals surface area contributed by atoms with Gasteiger partial charge in [0.2, 0.25) is 18.0 Å². The minimum Gasteiger partial charge on any atom is -0.369 e. The molecule has 0 fully saturated rings. The van der Waals surface area contributed by atoms with Crippen LogP contribution >= 0.6 is 11.6 Å². The van der Waals surface area contributed by atoms with E-state index in [-0.39, 0.29) is 12.3 Å². The molecular weight excluding hydrogens is 464 g/mol.